The fourth-order valence-corrected chi connectivity index (χ4v) is 4.04. The number of nitrogens with zero attached hydrogens (tertiary/aromatic N) is 2. The highest BCUT2D eigenvalue weighted by molar-refractivity contribution is 7.80. The standard InChI is InChI=1S/C24H22ClFN2OS/c25-21-9-2-1-6-19(21)17-29-20-8-5-7-18(16-20)24(30)28-14-12-27(13-15-28)23-11-4-3-10-22(23)26/h1-11,16H,12-15,17H2. The molecular formula is C24H22ClFN2OS. The number of thiocarbonyl (C=S) groups is 1. The monoisotopic (exact) mass is 440 g/mol. The molecule has 3 aromatic carbocycles. The molecule has 0 N–H and O–H groups in total. The maximum absolute atomic E-state index is 14.1. The third-order valence-corrected chi connectivity index (χ3v) is 6.06. The Morgan fingerprint density at radius 3 is 2.43 bits per heavy atom. The zero-order valence-electron chi connectivity index (χ0n) is 16.4. The van der Waals surface area contributed by atoms with Crippen LogP contribution in [0.25, 0.3) is 0 Å². The number of rotatable bonds is 5. The van der Waals surface area contributed by atoms with E-state index in [1.165, 1.54) is 6.07 Å². The zero-order chi connectivity index (χ0) is 20.9. The van der Waals surface area contributed by atoms with E-state index in [4.69, 9.17) is 28.6 Å². The Labute approximate surface area is 186 Å². The third kappa shape index (κ3) is 4.74. The van der Waals surface area contributed by atoms with Gasteiger partial charge in [0.2, 0.25) is 0 Å². The molecule has 0 bridgehead atoms. The van der Waals surface area contributed by atoms with Gasteiger partial charge in [0.25, 0.3) is 0 Å². The fourth-order valence-electron chi connectivity index (χ4n) is 3.54. The molecule has 1 aliphatic rings. The average molecular weight is 441 g/mol. The lowest BCUT2D eigenvalue weighted by molar-refractivity contribution is 0.306. The molecule has 0 radical (unpaired) electrons. The first-order chi connectivity index (χ1) is 14.6. The van der Waals surface area contributed by atoms with Gasteiger partial charge in [-0.25, -0.2) is 4.39 Å². The van der Waals surface area contributed by atoms with Crippen LogP contribution in [0.3, 0.4) is 0 Å². The van der Waals surface area contributed by atoms with E-state index in [0.29, 0.717) is 17.3 Å². The third-order valence-electron chi connectivity index (χ3n) is 5.19. The molecule has 0 atom stereocenters. The Kier molecular flexibility index (Phi) is 6.50. The Hall–Kier alpha value is -2.63. The van der Waals surface area contributed by atoms with Crippen LogP contribution in [0.15, 0.2) is 72.8 Å². The molecule has 1 heterocycles. The first-order valence-electron chi connectivity index (χ1n) is 9.87. The smallest absolute Gasteiger partial charge is 0.146 e. The quantitative estimate of drug-likeness (QED) is 0.483. The minimum absolute atomic E-state index is 0.183. The number of halogens is 2. The predicted octanol–water partition coefficient (Wildman–Crippen LogP) is 5.56. The summed E-state index contributed by atoms with van der Waals surface area (Å²) in [6.07, 6.45) is 0. The van der Waals surface area contributed by atoms with Crippen molar-refractivity contribution in [3.8, 4) is 5.75 Å². The Morgan fingerprint density at radius 2 is 1.67 bits per heavy atom. The molecule has 3 aromatic rings. The molecule has 1 fully saturated rings. The summed E-state index contributed by atoms with van der Waals surface area (Å²) in [4.78, 5) is 5.02. The summed E-state index contributed by atoms with van der Waals surface area (Å²) in [6.45, 7) is 3.35. The molecule has 4 rings (SSSR count). The Bertz CT molecular complexity index is 1040. The lowest BCUT2D eigenvalue weighted by Gasteiger charge is -2.37. The lowest BCUT2D eigenvalue weighted by Crippen LogP contribution is -2.48. The molecule has 0 aromatic heterocycles. The molecule has 0 aliphatic carbocycles. The van der Waals surface area contributed by atoms with E-state index in [0.717, 1.165) is 48.0 Å². The van der Waals surface area contributed by atoms with Crippen LogP contribution in [0.4, 0.5) is 10.1 Å². The first-order valence-corrected chi connectivity index (χ1v) is 10.7. The van der Waals surface area contributed by atoms with Crippen LogP contribution in [0.5, 0.6) is 5.75 Å². The number of hydrogen-bond acceptors (Lipinski definition) is 3. The van der Waals surface area contributed by atoms with Crippen LogP contribution in [-0.2, 0) is 6.61 Å². The van der Waals surface area contributed by atoms with E-state index in [9.17, 15) is 4.39 Å². The lowest BCUT2D eigenvalue weighted by atomic mass is 10.1. The fraction of sp³-hybridized carbons (Fsp3) is 0.208. The van der Waals surface area contributed by atoms with Crippen molar-refractivity contribution in [2.75, 3.05) is 31.1 Å². The van der Waals surface area contributed by atoms with Crippen molar-refractivity contribution in [1.29, 1.82) is 0 Å². The van der Waals surface area contributed by atoms with Gasteiger partial charge in [-0.15, -0.1) is 0 Å². The van der Waals surface area contributed by atoms with Gasteiger partial charge in [-0.2, -0.15) is 0 Å². The van der Waals surface area contributed by atoms with E-state index < -0.39 is 0 Å². The summed E-state index contributed by atoms with van der Waals surface area (Å²) in [5, 5.41) is 0.692. The summed E-state index contributed by atoms with van der Waals surface area (Å²) >= 11 is 11.9. The van der Waals surface area contributed by atoms with Gasteiger partial charge in [-0.1, -0.05) is 66.3 Å². The molecule has 0 spiro atoms. The van der Waals surface area contributed by atoms with Crippen LogP contribution in [0, 0.1) is 5.82 Å². The second kappa shape index (κ2) is 9.45. The van der Waals surface area contributed by atoms with Crippen molar-refractivity contribution in [2.45, 2.75) is 6.61 Å². The molecular weight excluding hydrogens is 419 g/mol. The zero-order valence-corrected chi connectivity index (χ0v) is 18.0. The van der Waals surface area contributed by atoms with Crippen LogP contribution in [-0.4, -0.2) is 36.1 Å². The van der Waals surface area contributed by atoms with Gasteiger partial charge in [0.15, 0.2) is 0 Å². The molecule has 0 unspecified atom stereocenters. The van der Waals surface area contributed by atoms with Crippen molar-refractivity contribution < 1.29 is 9.13 Å². The molecule has 30 heavy (non-hydrogen) atoms. The maximum Gasteiger partial charge on any atom is 0.146 e. The molecule has 154 valence electrons. The minimum atomic E-state index is -0.183. The van der Waals surface area contributed by atoms with Crippen molar-refractivity contribution in [3.05, 3.63) is 94.8 Å². The highest BCUT2D eigenvalue weighted by Gasteiger charge is 2.21. The molecule has 3 nitrogen and oxygen atoms in total. The van der Waals surface area contributed by atoms with Crippen molar-refractivity contribution in [1.82, 2.24) is 4.90 Å². The topological polar surface area (TPSA) is 15.7 Å². The van der Waals surface area contributed by atoms with E-state index in [-0.39, 0.29) is 5.82 Å². The van der Waals surface area contributed by atoms with Gasteiger partial charge >= 0.3 is 0 Å². The first kappa shape index (κ1) is 20.6. The second-order valence-electron chi connectivity index (χ2n) is 7.14. The van der Waals surface area contributed by atoms with Gasteiger partial charge < -0.3 is 14.5 Å². The summed E-state index contributed by atoms with van der Waals surface area (Å²) < 4.78 is 20.0. The van der Waals surface area contributed by atoms with Crippen molar-refractivity contribution >= 4 is 34.5 Å². The van der Waals surface area contributed by atoms with Gasteiger partial charge in [0.1, 0.15) is 23.2 Å². The second-order valence-corrected chi connectivity index (χ2v) is 7.93. The highest BCUT2D eigenvalue weighted by atomic mass is 35.5. The number of para-hydroxylation sites is 1. The molecule has 6 heteroatoms. The normalized spacial score (nSPS) is 13.9. The summed E-state index contributed by atoms with van der Waals surface area (Å²) in [7, 11) is 0. The van der Waals surface area contributed by atoms with Gasteiger partial charge in [0, 0.05) is 42.3 Å². The summed E-state index contributed by atoms with van der Waals surface area (Å²) in [5.41, 5.74) is 2.54. The van der Waals surface area contributed by atoms with E-state index in [2.05, 4.69) is 9.80 Å². The number of ether oxygens (including phenoxy) is 1. The number of piperazine rings is 1. The minimum Gasteiger partial charge on any atom is -0.489 e. The molecule has 0 amide bonds. The van der Waals surface area contributed by atoms with Gasteiger partial charge in [-0.05, 0) is 30.3 Å². The van der Waals surface area contributed by atoms with E-state index in [1.807, 2.05) is 60.7 Å². The number of hydrogen-bond donors (Lipinski definition) is 0. The Morgan fingerprint density at radius 1 is 0.933 bits per heavy atom. The SMILES string of the molecule is Fc1ccccc1N1CCN(C(=S)c2cccc(OCc3ccccc3Cl)c2)CC1. The van der Waals surface area contributed by atoms with Crippen LogP contribution in [0.1, 0.15) is 11.1 Å². The summed E-state index contributed by atoms with van der Waals surface area (Å²) in [5.74, 6) is 0.566. The van der Waals surface area contributed by atoms with Crippen LogP contribution >= 0.6 is 23.8 Å². The van der Waals surface area contributed by atoms with Crippen molar-refractivity contribution in [2.24, 2.45) is 0 Å². The predicted molar refractivity (Wildman–Crippen MR) is 124 cm³/mol. The van der Waals surface area contributed by atoms with Gasteiger partial charge in [0.05, 0.1) is 5.69 Å². The number of benzene rings is 3. The van der Waals surface area contributed by atoms with Crippen LogP contribution < -0.4 is 9.64 Å². The average Bonchev–Trinajstić information content (AvgIpc) is 2.79. The maximum atomic E-state index is 14.1. The number of anilines is 1. The van der Waals surface area contributed by atoms with E-state index >= 15 is 0 Å². The van der Waals surface area contributed by atoms with Crippen LogP contribution in [0.2, 0.25) is 5.02 Å². The van der Waals surface area contributed by atoms with Crippen molar-refractivity contribution in [3.63, 3.8) is 0 Å². The molecule has 1 saturated heterocycles. The molecule has 0 saturated carbocycles. The summed E-state index contributed by atoms with van der Waals surface area (Å²) in [6, 6.07) is 22.4. The Balaban J connectivity index is 1.38. The largest absolute Gasteiger partial charge is 0.489 e. The molecule has 1 aliphatic heterocycles. The highest BCUT2D eigenvalue weighted by Crippen LogP contribution is 2.23. The van der Waals surface area contributed by atoms with Gasteiger partial charge in [-0.3, -0.25) is 0 Å². The van der Waals surface area contributed by atoms with E-state index in [1.54, 1.807) is 6.07 Å².